The normalized spacial score (nSPS) is 34.4. The van der Waals surface area contributed by atoms with Crippen LogP contribution in [0.4, 0.5) is 0 Å². The number of carbonyl (C=O) groups excluding carboxylic acids is 1. The van der Waals surface area contributed by atoms with Gasteiger partial charge in [0.1, 0.15) is 6.61 Å². The van der Waals surface area contributed by atoms with Crippen molar-refractivity contribution in [1.82, 2.24) is 0 Å². The van der Waals surface area contributed by atoms with E-state index in [1.807, 2.05) is 6.92 Å². The van der Waals surface area contributed by atoms with Gasteiger partial charge in [-0.05, 0) is 5.92 Å². The van der Waals surface area contributed by atoms with Crippen molar-refractivity contribution in [2.45, 2.75) is 19.4 Å². The molecule has 3 heteroatoms. The Morgan fingerprint density at radius 2 is 2.50 bits per heavy atom. The number of carbonyl (C=O) groups is 1. The molecule has 58 valence electrons. The second kappa shape index (κ2) is 3.12. The quantitative estimate of drug-likeness (QED) is 0.562. The van der Waals surface area contributed by atoms with E-state index in [0.717, 1.165) is 0 Å². The lowest BCUT2D eigenvalue weighted by Crippen LogP contribution is -2.35. The first-order chi connectivity index (χ1) is 4.74. The molecular formula is C7H12O3. The van der Waals surface area contributed by atoms with E-state index >= 15 is 0 Å². The molecule has 2 atom stereocenters. The molecule has 1 fully saturated rings. The molecule has 10 heavy (non-hydrogen) atoms. The molecule has 0 aromatic carbocycles. The van der Waals surface area contributed by atoms with Crippen LogP contribution in [0.3, 0.4) is 0 Å². The number of hydrogen-bond donors (Lipinski definition) is 1. The Bertz CT molecular complexity index is 133. The Kier molecular flexibility index (Phi) is 2.40. The highest BCUT2D eigenvalue weighted by Crippen LogP contribution is 2.16. The van der Waals surface area contributed by atoms with E-state index < -0.39 is 0 Å². The van der Waals surface area contributed by atoms with Gasteiger partial charge in [0.25, 0.3) is 0 Å². The Hall–Kier alpha value is -0.410. The molecule has 0 saturated carbocycles. The van der Waals surface area contributed by atoms with Gasteiger partial charge in [-0.15, -0.1) is 0 Å². The molecule has 1 N–H and O–H groups in total. The Balaban J connectivity index is 2.43. The highest BCUT2D eigenvalue weighted by Gasteiger charge is 2.25. The van der Waals surface area contributed by atoms with E-state index in [1.165, 1.54) is 0 Å². The topological polar surface area (TPSA) is 46.5 Å². The van der Waals surface area contributed by atoms with Gasteiger partial charge in [0.2, 0.25) is 0 Å². The van der Waals surface area contributed by atoms with Gasteiger partial charge in [-0.25, -0.2) is 0 Å². The first-order valence-corrected chi connectivity index (χ1v) is 3.48. The predicted octanol–water partition coefficient (Wildman–Crippen LogP) is -0.0272. The summed E-state index contributed by atoms with van der Waals surface area (Å²) < 4.78 is 5.05. The number of rotatable bonds is 1. The van der Waals surface area contributed by atoms with Gasteiger partial charge >= 0.3 is 0 Å². The lowest BCUT2D eigenvalue weighted by Gasteiger charge is -2.26. The number of ketones is 1. The average molecular weight is 144 g/mol. The zero-order valence-corrected chi connectivity index (χ0v) is 6.04. The van der Waals surface area contributed by atoms with Crippen LogP contribution in [0.1, 0.15) is 13.3 Å². The summed E-state index contributed by atoms with van der Waals surface area (Å²) in [5, 5.41) is 8.71. The molecule has 0 aliphatic carbocycles. The van der Waals surface area contributed by atoms with Crippen molar-refractivity contribution < 1.29 is 14.6 Å². The summed E-state index contributed by atoms with van der Waals surface area (Å²) in [4.78, 5) is 10.7. The van der Waals surface area contributed by atoms with Gasteiger partial charge in [0.15, 0.2) is 5.78 Å². The zero-order chi connectivity index (χ0) is 7.56. The molecule has 0 amide bonds. The second-order valence-corrected chi connectivity index (χ2v) is 2.75. The van der Waals surface area contributed by atoms with Crippen LogP contribution in [0.15, 0.2) is 0 Å². The van der Waals surface area contributed by atoms with E-state index in [9.17, 15) is 4.79 Å². The Morgan fingerprint density at radius 3 is 3.00 bits per heavy atom. The standard InChI is InChI=1S/C7H12O3/c1-5-2-6(9)4-10-7(5)3-8/h5,7-8H,2-4H2,1H3/t5?,7-/m1/s1. The van der Waals surface area contributed by atoms with Gasteiger partial charge in [-0.3, -0.25) is 4.79 Å². The lowest BCUT2D eigenvalue weighted by atomic mass is 9.96. The maximum absolute atomic E-state index is 10.7. The van der Waals surface area contributed by atoms with Crippen LogP contribution in [0.25, 0.3) is 0 Å². The van der Waals surface area contributed by atoms with Crippen molar-refractivity contribution >= 4 is 5.78 Å². The summed E-state index contributed by atoms with van der Waals surface area (Å²) in [5.74, 6) is 0.309. The Labute approximate surface area is 60.0 Å². The van der Waals surface area contributed by atoms with Gasteiger partial charge in [-0.2, -0.15) is 0 Å². The lowest BCUT2D eigenvalue weighted by molar-refractivity contribution is -0.137. The number of aliphatic hydroxyl groups is 1. The largest absolute Gasteiger partial charge is 0.394 e. The van der Waals surface area contributed by atoms with Gasteiger partial charge in [-0.1, -0.05) is 6.92 Å². The molecule has 0 aromatic rings. The van der Waals surface area contributed by atoms with Crippen LogP contribution in [-0.2, 0) is 9.53 Å². The fourth-order valence-corrected chi connectivity index (χ4v) is 1.15. The molecule has 0 radical (unpaired) electrons. The minimum absolute atomic E-state index is 0.0223. The molecule has 3 nitrogen and oxygen atoms in total. The third-order valence-corrected chi connectivity index (χ3v) is 1.82. The van der Waals surface area contributed by atoms with Crippen molar-refractivity contribution in [3.8, 4) is 0 Å². The summed E-state index contributed by atoms with van der Waals surface area (Å²) in [6.07, 6.45) is 0.420. The van der Waals surface area contributed by atoms with Crippen molar-refractivity contribution in [2.75, 3.05) is 13.2 Å². The molecular weight excluding hydrogens is 132 g/mol. The van der Waals surface area contributed by atoms with E-state index in [2.05, 4.69) is 0 Å². The van der Waals surface area contributed by atoms with Gasteiger partial charge in [0.05, 0.1) is 12.7 Å². The smallest absolute Gasteiger partial charge is 0.158 e. The van der Waals surface area contributed by atoms with E-state index in [4.69, 9.17) is 9.84 Å². The maximum atomic E-state index is 10.7. The van der Waals surface area contributed by atoms with Crippen LogP contribution in [0.2, 0.25) is 0 Å². The third-order valence-electron chi connectivity index (χ3n) is 1.82. The minimum Gasteiger partial charge on any atom is -0.394 e. The molecule has 0 spiro atoms. The molecule has 1 heterocycles. The molecule has 1 aliphatic heterocycles. The molecule has 1 aliphatic rings. The SMILES string of the molecule is CC1CC(=O)CO[C@@H]1CO. The summed E-state index contributed by atoms with van der Waals surface area (Å²) in [7, 11) is 0. The molecule has 0 bridgehead atoms. The molecule has 1 rings (SSSR count). The summed E-state index contributed by atoms with van der Waals surface area (Å²) in [6.45, 7) is 2.11. The van der Waals surface area contributed by atoms with Gasteiger partial charge in [0, 0.05) is 6.42 Å². The van der Waals surface area contributed by atoms with Crippen LogP contribution in [-0.4, -0.2) is 30.2 Å². The molecule has 1 saturated heterocycles. The van der Waals surface area contributed by atoms with Crippen LogP contribution in [0.5, 0.6) is 0 Å². The highest BCUT2D eigenvalue weighted by molar-refractivity contribution is 5.80. The first kappa shape index (κ1) is 7.69. The van der Waals surface area contributed by atoms with Crippen molar-refractivity contribution in [3.63, 3.8) is 0 Å². The van der Waals surface area contributed by atoms with Crippen LogP contribution in [0, 0.1) is 5.92 Å². The Morgan fingerprint density at radius 1 is 1.80 bits per heavy atom. The average Bonchev–Trinajstić information content (AvgIpc) is 1.88. The predicted molar refractivity (Wildman–Crippen MR) is 35.6 cm³/mol. The minimum atomic E-state index is -0.127. The second-order valence-electron chi connectivity index (χ2n) is 2.75. The van der Waals surface area contributed by atoms with E-state index in [1.54, 1.807) is 0 Å². The number of aliphatic hydroxyl groups excluding tert-OH is 1. The summed E-state index contributed by atoms with van der Waals surface area (Å²) >= 11 is 0. The monoisotopic (exact) mass is 144 g/mol. The number of hydrogen-bond acceptors (Lipinski definition) is 3. The van der Waals surface area contributed by atoms with E-state index in [0.29, 0.717) is 6.42 Å². The van der Waals surface area contributed by atoms with Gasteiger partial charge < -0.3 is 9.84 Å². The van der Waals surface area contributed by atoms with Crippen LogP contribution < -0.4 is 0 Å². The zero-order valence-electron chi connectivity index (χ0n) is 6.04. The van der Waals surface area contributed by atoms with E-state index in [-0.39, 0.29) is 31.0 Å². The van der Waals surface area contributed by atoms with Crippen LogP contribution >= 0.6 is 0 Å². The third kappa shape index (κ3) is 1.55. The fraction of sp³-hybridized carbons (Fsp3) is 0.857. The maximum Gasteiger partial charge on any atom is 0.158 e. The fourth-order valence-electron chi connectivity index (χ4n) is 1.15. The highest BCUT2D eigenvalue weighted by atomic mass is 16.5. The molecule has 1 unspecified atom stereocenters. The van der Waals surface area contributed by atoms with Crippen molar-refractivity contribution in [2.24, 2.45) is 5.92 Å². The van der Waals surface area contributed by atoms with Crippen molar-refractivity contribution in [3.05, 3.63) is 0 Å². The first-order valence-electron chi connectivity index (χ1n) is 3.48. The number of Topliss-reactive ketones (excluding diaryl/α,β-unsaturated/α-hetero) is 1. The summed E-state index contributed by atoms with van der Waals surface area (Å²) in [5.41, 5.74) is 0. The van der Waals surface area contributed by atoms with Crippen molar-refractivity contribution in [1.29, 1.82) is 0 Å². The summed E-state index contributed by atoms with van der Waals surface area (Å²) in [6, 6.07) is 0. The number of ether oxygens (including phenoxy) is 1. The molecule has 0 aromatic heterocycles.